The van der Waals surface area contributed by atoms with E-state index in [4.69, 9.17) is 11.6 Å². The van der Waals surface area contributed by atoms with Gasteiger partial charge in [0.15, 0.2) is 11.9 Å². The molecule has 3 heteroatoms. The van der Waals surface area contributed by atoms with Crippen LogP contribution in [-0.2, 0) is 5.88 Å². The summed E-state index contributed by atoms with van der Waals surface area (Å²) in [4.78, 5) is 0. The molecule has 0 saturated carbocycles. The van der Waals surface area contributed by atoms with Crippen LogP contribution in [0.2, 0.25) is 0 Å². The summed E-state index contributed by atoms with van der Waals surface area (Å²) in [6, 6.07) is 3.54. The van der Waals surface area contributed by atoms with Gasteiger partial charge < -0.3 is 5.21 Å². The van der Waals surface area contributed by atoms with Gasteiger partial charge in [-0.15, -0.1) is 11.6 Å². The molecular formula is C7H8ClNO. The lowest BCUT2D eigenvalue weighted by Crippen LogP contribution is -2.30. The Morgan fingerprint density at radius 2 is 2.40 bits per heavy atom. The van der Waals surface area contributed by atoms with Crippen LogP contribution in [-0.4, -0.2) is 0 Å². The monoisotopic (exact) mass is 157 g/mol. The predicted octanol–water partition coefficient (Wildman–Crippen LogP) is 1.37. The summed E-state index contributed by atoms with van der Waals surface area (Å²) >= 11 is 5.55. The van der Waals surface area contributed by atoms with Gasteiger partial charge in [-0.05, 0) is 6.07 Å². The maximum absolute atomic E-state index is 10.9. The van der Waals surface area contributed by atoms with Crippen LogP contribution in [0.5, 0.6) is 0 Å². The number of alkyl halides is 1. The standard InChI is InChI=1S/C7H8ClNO/c1-6-7(5-8)3-2-4-9(6)10/h2-4H,5H2,1H3. The van der Waals surface area contributed by atoms with Crippen LogP contribution in [0, 0.1) is 12.1 Å². The van der Waals surface area contributed by atoms with Gasteiger partial charge in [0.25, 0.3) is 0 Å². The maximum atomic E-state index is 10.9. The van der Waals surface area contributed by atoms with Gasteiger partial charge in [-0.25, -0.2) is 0 Å². The summed E-state index contributed by atoms with van der Waals surface area (Å²) < 4.78 is 0.817. The average Bonchev–Trinajstić information content (AvgIpc) is 1.95. The summed E-state index contributed by atoms with van der Waals surface area (Å²) in [5, 5.41) is 10.9. The van der Waals surface area contributed by atoms with Crippen LogP contribution < -0.4 is 4.73 Å². The number of rotatable bonds is 1. The molecule has 1 aromatic rings. The summed E-state index contributed by atoms with van der Waals surface area (Å²) in [6.45, 7) is 1.75. The van der Waals surface area contributed by atoms with Crippen molar-refractivity contribution in [2.45, 2.75) is 12.8 Å². The Morgan fingerprint density at radius 1 is 1.70 bits per heavy atom. The molecule has 1 rings (SSSR count). The zero-order chi connectivity index (χ0) is 7.56. The molecule has 54 valence electrons. The first-order chi connectivity index (χ1) is 4.75. The molecule has 0 bridgehead atoms. The van der Waals surface area contributed by atoms with Crippen LogP contribution >= 0.6 is 11.6 Å². The molecule has 1 aromatic heterocycles. The minimum atomic E-state index is 0.398. The highest BCUT2D eigenvalue weighted by atomic mass is 35.5. The van der Waals surface area contributed by atoms with Crippen molar-refractivity contribution in [1.82, 2.24) is 0 Å². The molecule has 0 amide bonds. The third kappa shape index (κ3) is 1.21. The minimum Gasteiger partial charge on any atom is -0.619 e. The summed E-state index contributed by atoms with van der Waals surface area (Å²) in [5.41, 5.74) is 1.57. The number of halogens is 1. The smallest absolute Gasteiger partial charge is 0.194 e. The number of pyridine rings is 1. The zero-order valence-corrected chi connectivity index (χ0v) is 6.43. The van der Waals surface area contributed by atoms with E-state index in [1.54, 1.807) is 13.0 Å². The van der Waals surface area contributed by atoms with E-state index in [0.717, 1.165) is 10.3 Å². The van der Waals surface area contributed by atoms with E-state index in [1.165, 1.54) is 6.20 Å². The van der Waals surface area contributed by atoms with Gasteiger partial charge in [0.05, 0.1) is 5.88 Å². The lowest BCUT2D eigenvalue weighted by molar-refractivity contribution is -0.612. The molecule has 0 N–H and O–H groups in total. The van der Waals surface area contributed by atoms with Crippen molar-refractivity contribution >= 4 is 11.6 Å². The van der Waals surface area contributed by atoms with Gasteiger partial charge in [-0.3, -0.25) is 0 Å². The summed E-state index contributed by atoms with van der Waals surface area (Å²) in [6.07, 6.45) is 1.46. The van der Waals surface area contributed by atoms with E-state index in [0.29, 0.717) is 11.6 Å². The second kappa shape index (κ2) is 2.88. The van der Waals surface area contributed by atoms with Gasteiger partial charge >= 0.3 is 0 Å². The fourth-order valence-electron chi connectivity index (χ4n) is 0.753. The molecule has 0 saturated heterocycles. The van der Waals surface area contributed by atoms with Gasteiger partial charge in [-0.1, -0.05) is 0 Å². The third-order valence-corrected chi connectivity index (χ3v) is 1.75. The van der Waals surface area contributed by atoms with Crippen molar-refractivity contribution in [2.24, 2.45) is 0 Å². The van der Waals surface area contributed by atoms with Crippen molar-refractivity contribution in [1.29, 1.82) is 0 Å². The van der Waals surface area contributed by atoms with Crippen molar-refractivity contribution in [2.75, 3.05) is 0 Å². The van der Waals surface area contributed by atoms with Gasteiger partial charge in [0, 0.05) is 18.6 Å². The Morgan fingerprint density at radius 3 is 2.90 bits per heavy atom. The average molecular weight is 158 g/mol. The normalized spacial score (nSPS) is 9.80. The second-order valence-corrected chi connectivity index (χ2v) is 2.35. The zero-order valence-electron chi connectivity index (χ0n) is 5.67. The molecule has 0 aliphatic heterocycles. The van der Waals surface area contributed by atoms with E-state index in [2.05, 4.69) is 0 Å². The molecule has 0 spiro atoms. The highest BCUT2D eigenvalue weighted by Gasteiger charge is 2.02. The number of nitrogens with zero attached hydrogens (tertiary/aromatic N) is 1. The van der Waals surface area contributed by atoms with Gasteiger partial charge in [-0.2, -0.15) is 4.73 Å². The minimum absolute atomic E-state index is 0.398. The highest BCUT2D eigenvalue weighted by Crippen LogP contribution is 2.04. The van der Waals surface area contributed by atoms with Crippen molar-refractivity contribution < 1.29 is 4.73 Å². The van der Waals surface area contributed by atoms with Crippen LogP contribution in [0.4, 0.5) is 0 Å². The highest BCUT2D eigenvalue weighted by molar-refractivity contribution is 6.17. The largest absolute Gasteiger partial charge is 0.619 e. The van der Waals surface area contributed by atoms with E-state index in [9.17, 15) is 5.21 Å². The molecule has 10 heavy (non-hydrogen) atoms. The number of hydrogen-bond acceptors (Lipinski definition) is 1. The Bertz CT molecular complexity index is 237. The molecule has 0 radical (unpaired) electrons. The fraction of sp³-hybridized carbons (Fsp3) is 0.286. The van der Waals surface area contributed by atoms with Crippen LogP contribution in [0.25, 0.3) is 0 Å². The topological polar surface area (TPSA) is 26.9 Å². The first-order valence-corrected chi connectivity index (χ1v) is 3.53. The Labute approximate surface area is 64.6 Å². The molecule has 2 nitrogen and oxygen atoms in total. The molecule has 0 fully saturated rings. The van der Waals surface area contributed by atoms with Crippen LogP contribution in [0.3, 0.4) is 0 Å². The first-order valence-electron chi connectivity index (χ1n) is 2.99. The van der Waals surface area contributed by atoms with Gasteiger partial charge in [0.1, 0.15) is 0 Å². The lowest BCUT2D eigenvalue weighted by Gasteiger charge is -2.01. The van der Waals surface area contributed by atoms with Crippen LogP contribution in [0.15, 0.2) is 18.3 Å². The van der Waals surface area contributed by atoms with Gasteiger partial charge in [0.2, 0.25) is 0 Å². The second-order valence-electron chi connectivity index (χ2n) is 2.08. The molecule has 0 unspecified atom stereocenters. The van der Waals surface area contributed by atoms with E-state index in [1.807, 2.05) is 6.07 Å². The van der Waals surface area contributed by atoms with E-state index < -0.39 is 0 Å². The Balaban J connectivity index is 3.14. The Hall–Kier alpha value is -0.760. The third-order valence-electron chi connectivity index (χ3n) is 1.46. The molecule has 0 aliphatic rings. The van der Waals surface area contributed by atoms with E-state index >= 15 is 0 Å². The maximum Gasteiger partial charge on any atom is 0.194 e. The molecule has 1 heterocycles. The van der Waals surface area contributed by atoms with E-state index in [-0.39, 0.29) is 0 Å². The fourth-order valence-corrected chi connectivity index (χ4v) is 1.04. The molecule has 0 aromatic carbocycles. The molecule has 0 aliphatic carbocycles. The molecule has 0 atom stereocenters. The quantitative estimate of drug-likeness (QED) is 0.344. The SMILES string of the molecule is Cc1c(CCl)ccc[n+]1[O-]. The van der Waals surface area contributed by atoms with Crippen molar-refractivity contribution in [3.63, 3.8) is 0 Å². The molecular weight excluding hydrogens is 150 g/mol. The first kappa shape index (κ1) is 7.35. The predicted molar refractivity (Wildman–Crippen MR) is 39.7 cm³/mol. The summed E-state index contributed by atoms with van der Waals surface area (Å²) in [7, 11) is 0. The van der Waals surface area contributed by atoms with Crippen LogP contribution in [0.1, 0.15) is 11.3 Å². The lowest BCUT2D eigenvalue weighted by atomic mass is 10.2. The van der Waals surface area contributed by atoms with Crippen molar-refractivity contribution in [3.05, 3.63) is 34.8 Å². The Kier molecular flexibility index (Phi) is 2.12. The summed E-state index contributed by atoms with van der Waals surface area (Å²) in [5.74, 6) is 0.398. The number of aromatic nitrogens is 1. The van der Waals surface area contributed by atoms with Crippen molar-refractivity contribution in [3.8, 4) is 0 Å². The number of hydrogen-bond donors (Lipinski definition) is 0.